The maximum Gasteiger partial charge on any atom is 0.208 e. The number of nitrogens with one attached hydrogen (secondary N) is 1. The van der Waals surface area contributed by atoms with Crippen molar-refractivity contribution < 1.29 is 13.2 Å². The molecule has 2 rings (SSSR count). The number of sulfonamides is 1. The molecule has 0 aromatic heterocycles. The fourth-order valence-corrected chi connectivity index (χ4v) is 2.83. The van der Waals surface area contributed by atoms with E-state index < -0.39 is 10.0 Å². The van der Waals surface area contributed by atoms with Crippen LogP contribution in [0.15, 0.2) is 28.7 Å². The number of benzene rings is 1. The van der Waals surface area contributed by atoms with Gasteiger partial charge in [0.15, 0.2) is 0 Å². The zero-order chi connectivity index (χ0) is 12.5. The Morgan fingerprint density at radius 2 is 1.88 bits per heavy atom. The van der Waals surface area contributed by atoms with Gasteiger partial charge >= 0.3 is 0 Å². The number of halogens is 1. The fraction of sp³-hybridized carbons (Fsp3) is 0.455. The Balaban J connectivity index is 1.79. The van der Waals surface area contributed by atoms with Gasteiger partial charge in [-0.05, 0) is 24.3 Å². The summed E-state index contributed by atoms with van der Waals surface area (Å²) >= 11 is 3.35. The van der Waals surface area contributed by atoms with E-state index >= 15 is 0 Å². The van der Waals surface area contributed by atoms with Gasteiger partial charge in [-0.1, -0.05) is 15.9 Å². The third-order valence-electron chi connectivity index (χ3n) is 2.59. The van der Waals surface area contributed by atoms with E-state index in [-0.39, 0.29) is 12.1 Å². The Morgan fingerprint density at radius 3 is 2.41 bits per heavy atom. The Labute approximate surface area is 110 Å². The van der Waals surface area contributed by atoms with E-state index in [4.69, 9.17) is 4.74 Å². The first-order valence-corrected chi connectivity index (χ1v) is 8.00. The van der Waals surface area contributed by atoms with Crippen LogP contribution in [0.1, 0.15) is 12.8 Å². The van der Waals surface area contributed by atoms with Crippen LogP contribution in [0.25, 0.3) is 0 Å². The van der Waals surface area contributed by atoms with Crippen molar-refractivity contribution in [2.45, 2.75) is 25.0 Å². The molecule has 1 fully saturated rings. The molecule has 0 aliphatic heterocycles. The second kappa shape index (κ2) is 4.96. The summed E-state index contributed by atoms with van der Waals surface area (Å²) < 4.78 is 31.2. The quantitative estimate of drug-likeness (QED) is 0.922. The Hall–Kier alpha value is -0.590. The van der Waals surface area contributed by atoms with Crippen LogP contribution in [0, 0.1) is 0 Å². The summed E-state index contributed by atoms with van der Waals surface area (Å²) in [5, 5.41) is 0. The highest BCUT2D eigenvalue weighted by Crippen LogP contribution is 2.27. The van der Waals surface area contributed by atoms with Gasteiger partial charge in [0, 0.05) is 23.4 Å². The zero-order valence-electron chi connectivity index (χ0n) is 9.39. The predicted molar refractivity (Wildman–Crippen MR) is 69.6 cm³/mol. The predicted octanol–water partition coefficient (Wildman–Crippen LogP) is 1.91. The Bertz CT molecular complexity index is 480. The van der Waals surface area contributed by atoms with Crippen LogP contribution in [-0.4, -0.2) is 26.8 Å². The minimum Gasteiger partial charge on any atom is -0.490 e. The van der Waals surface area contributed by atoms with Gasteiger partial charge in [-0.2, -0.15) is 0 Å². The van der Waals surface area contributed by atoms with Gasteiger partial charge in [0.25, 0.3) is 0 Å². The van der Waals surface area contributed by atoms with Crippen LogP contribution in [0.2, 0.25) is 0 Å². The number of hydrogen-bond acceptors (Lipinski definition) is 3. The van der Waals surface area contributed by atoms with Gasteiger partial charge in [-0.25, -0.2) is 13.1 Å². The summed E-state index contributed by atoms with van der Waals surface area (Å²) in [6.45, 7) is 0. The van der Waals surface area contributed by atoms with Crippen molar-refractivity contribution in [1.82, 2.24) is 4.72 Å². The summed E-state index contributed by atoms with van der Waals surface area (Å²) in [6, 6.07) is 7.63. The second-order valence-electron chi connectivity index (χ2n) is 4.25. The molecule has 4 nitrogen and oxygen atoms in total. The van der Waals surface area contributed by atoms with E-state index in [9.17, 15) is 8.42 Å². The van der Waals surface area contributed by atoms with Gasteiger partial charge < -0.3 is 4.74 Å². The first kappa shape index (κ1) is 12.9. The number of rotatable bonds is 4. The van der Waals surface area contributed by atoms with Crippen LogP contribution in [0.3, 0.4) is 0 Å². The molecule has 1 aromatic rings. The van der Waals surface area contributed by atoms with Crippen molar-refractivity contribution >= 4 is 26.0 Å². The van der Waals surface area contributed by atoms with Gasteiger partial charge in [-0.15, -0.1) is 0 Å². The highest BCUT2D eigenvalue weighted by atomic mass is 79.9. The molecule has 0 bridgehead atoms. The van der Waals surface area contributed by atoms with Crippen LogP contribution >= 0.6 is 15.9 Å². The van der Waals surface area contributed by atoms with E-state index in [0.717, 1.165) is 23.1 Å². The van der Waals surface area contributed by atoms with E-state index in [0.29, 0.717) is 0 Å². The summed E-state index contributed by atoms with van der Waals surface area (Å²) in [5.74, 6) is 0.816. The minimum absolute atomic E-state index is 0.0189. The largest absolute Gasteiger partial charge is 0.490 e. The van der Waals surface area contributed by atoms with E-state index in [1.54, 1.807) is 0 Å². The summed E-state index contributed by atoms with van der Waals surface area (Å²) in [7, 11) is -3.10. The molecule has 0 saturated heterocycles. The van der Waals surface area contributed by atoms with Crippen molar-refractivity contribution in [1.29, 1.82) is 0 Å². The van der Waals surface area contributed by atoms with Crippen molar-refractivity contribution in [3.8, 4) is 5.75 Å². The summed E-state index contributed by atoms with van der Waals surface area (Å²) in [4.78, 5) is 0. The van der Waals surface area contributed by atoms with Crippen LogP contribution in [0.5, 0.6) is 5.75 Å². The molecule has 17 heavy (non-hydrogen) atoms. The van der Waals surface area contributed by atoms with Gasteiger partial charge in [-0.3, -0.25) is 0 Å². The monoisotopic (exact) mass is 319 g/mol. The second-order valence-corrected chi connectivity index (χ2v) is 6.95. The fourth-order valence-electron chi connectivity index (χ4n) is 1.77. The molecule has 1 aliphatic rings. The minimum atomic E-state index is -3.10. The third kappa shape index (κ3) is 3.97. The average Bonchev–Trinajstić information content (AvgIpc) is 2.16. The number of hydrogen-bond donors (Lipinski definition) is 1. The topological polar surface area (TPSA) is 55.4 Å². The first-order valence-electron chi connectivity index (χ1n) is 5.32. The lowest BCUT2D eigenvalue weighted by atomic mass is 9.90. The molecule has 1 aliphatic carbocycles. The third-order valence-corrected chi connectivity index (χ3v) is 3.88. The Morgan fingerprint density at radius 1 is 1.29 bits per heavy atom. The smallest absolute Gasteiger partial charge is 0.208 e. The maximum atomic E-state index is 11.0. The number of ether oxygens (including phenoxy) is 1. The molecule has 94 valence electrons. The van der Waals surface area contributed by atoms with Gasteiger partial charge in [0.05, 0.1) is 6.26 Å². The van der Waals surface area contributed by atoms with E-state index in [1.165, 1.54) is 6.26 Å². The standard InChI is InChI=1S/C11H14BrNO3S/c1-17(14,15)13-9-6-11(7-9)16-10-4-2-8(12)3-5-10/h2-5,9,11,13H,6-7H2,1H3. The molecule has 0 amide bonds. The molecular weight excluding hydrogens is 306 g/mol. The summed E-state index contributed by atoms with van der Waals surface area (Å²) in [5.41, 5.74) is 0. The van der Waals surface area contributed by atoms with Crippen LogP contribution in [-0.2, 0) is 10.0 Å². The Kier molecular flexibility index (Phi) is 3.75. The molecule has 0 atom stereocenters. The SMILES string of the molecule is CS(=O)(=O)NC1CC(Oc2ccc(Br)cc2)C1. The van der Waals surface area contributed by atoms with E-state index in [2.05, 4.69) is 20.7 Å². The molecule has 0 heterocycles. The first-order chi connectivity index (χ1) is 7.92. The highest BCUT2D eigenvalue weighted by Gasteiger charge is 2.32. The molecule has 0 radical (unpaired) electrons. The van der Waals surface area contributed by atoms with Crippen molar-refractivity contribution in [3.63, 3.8) is 0 Å². The summed E-state index contributed by atoms with van der Waals surface area (Å²) in [6.07, 6.45) is 2.73. The lowest BCUT2D eigenvalue weighted by molar-refractivity contribution is 0.0946. The van der Waals surface area contributed by atoms with Gasteiger partial charge in [0.1, 0.15) is 11.9 Å². The molecule has 0 spiro atoms. The van der Waals surface area contributed by atoms with Crippen molar-refractivity contribution in [2.24, 2.45) is 0 Å². The molecule has 0 unspecified atom stereocenters. The average molecular weight is 320 g/mol. The molecular formula is C11H14BrNO3S. The lowest BCUT2D eigenvalue weighted by Crippen LogP contribution is -2.48. The molecule has 6 heteroatoms. The lowest BCUT2D eigenvalue weighted by Gasteiger charge is -2.35. The zero-order valence-corrected chi connectivity index (χ0v) is 11.8. The van der Waals surface area contributed by atoms with Crippen molar-refractivity contribution in [2.75, 3.05) is 6.26 Å². The van der Waals surface area contributed by atoms with E-state index in [1.807, 2.05) is 24.3 Å². The normalized spacial score (nSPS) is 24.1. The molecule has 1 aromatic carbocycles. The van der Waals surface area contributed by atoms with Crippen molar-refractivity contribution in [3.05, 3.63) is 28.7 Å². The molecule has 1 saturated carbocycles. The maximum absolute atomic E-state index is 11.0. The van der Waals surface area contributed by atoms with Crippen LogP contribution in [0.4, 0.5) is 0 Å². The van der Waals surface area contributed by atoms with Crippen LogP contribution < -0.4 is 9.46 Å². The molecule has 1 N–H and O–H groups in total. The van der Waals surface area contributed by atoms with Gasteiger partial charge in [0.2, 0.25) is 10.0 Å². The highest BCUT2D eigenvalue weighted by molar-refractivity contribution is 9.10.